The molecule has 0 aliphatic heterocycles. The van der Waals surface area contributed by atoms with E-state index in [1.807, 2.05) is 30.3 Å². The molecule has 0 saturated heterocycles. The van der Waals surface area contributed by atoms with Gasteiger partial charge < -0.3 is 0 Å². The van der Waals surface area contributed by atoms with E-state index >= 15 is 0 Å². The number of fused-ring (bicyclic) bond motifs is 1. The first-order chi connectivity index (χ1) is 5.36. The van der Waals surface area contributed by atoms with Crippen molar-refractivity contribution >= 4 is 10.8 Å². The molecule has 0 spiro atoms. The van der Waals surface area contributed by atoms with Crippen molar-refractivity contribution in [3.63, 3.8) is 0 Å². The van der Waals surface area contributed by atoms with E-state index in [-0.39, 0.29) is 0 Å². The molecule has 0 bridgehead atoms. The van der Waals surface area contributed by atoms with Crippen molar-refractivity contribution in [2.24, 2.45) is 0 Å². The number of rotatable bonds is 0. The summed E-state index contributed by atoms with van der Waals surface area (Å²) in [5.41, 5.74) is 0. The van der Waals surface area contributed by atoms with Crippen LogP contribution in [-0.4, -0.2) is 5.21 Å². The van der Waals surface area contributed by atoms with Gasteiger partial charge in [-0.3, -0.25) is 5.21 Å². The standard InChI is InChI=1S/C9H8NO/c11-10-6-5-8-3-1-2-4-9(8)7-10/h1-7,11H/q+1. The third-order valence-electron chi connectivity index (χ3n) is 1.67. The highest BCUT2D eigenvalue weighted by atomic mass is 16.5. The van der Waals surface area contributed by atoms with Crippen LogP contribution >= 0.6 is 0 Å². The van der Waals surface area contributed by atoms with Gasteiger partial charge in [0.05, 0.1) is 5.39 Å². The Balaban J connectivity index is 2.83. The van der Waals surface area contributed by atoms with Crippen LogP contribution in [0.2, 0.25) is 0 Å². The quantitative estimate of drug-likeness (QED) is 0.440. The number of hydrogen-bond acceptors (Lipinski definition) is 1. The average Bonchev–Trinajstić information content (AvgIpc) is 2.04. The van der Waals surface area contributed by atoms with E-state index < -0.39 is 0 Å². The zero-order valence-electron chi connectivity index (χ0n) is 5.94. The van der Waals surface area contributed by atoms with Gasteiger partial charge in [0.1, 0.15) is 0 Å². The normalized spacial score (nSPS) is 10.2. The Bertz CT molecular complexity index is 384. The molecule has 11 heavy (non-hydrogen) atoms. The maximum absolute atomic E-state index is 9.05. The summed E-state index contributed by atoms with van der Waals surface area (Å²) in [6, 6.07) is 9.76. The fourth-order valence-corrected chi connectivity index (χ4v) is 1.12. The van der Waals surface area contributed by atoms with Crippen molar-refractivity contribution in [2.45, 2.75) is 0 Å². The second-order valence-corrected chi connectivity index (χ2v) is 2.45. The van der Waals surface area contributed by atoms with Gasteiger partial charge in [-0.05, 0) is 11.5 Å². The molecule has 2 heteroatoms. The van der Waals surface area contributed by atoms with Gasteiger partial charge in [0.15, 0.2) is 0 Å². The molecule has 0 radical (unpaired) electrons. The lowest BCUT2D eigenvalue weighted by Crippen LogP contribution is -2.27. The maximum Gasteiger partial charge on any atom is 0.230 e. The minimum absolute atomic E-state index is 1.04. The number of hydrogen-bond donors (Lipinski definition) is 1. The third-order valence-corrected chi connectivity index (χ3v) is 1.67. The van der Waals surface area contributed by atoms with Crippen LogP contribution in [0.25, 0.3) is 10.8 Å². The van der Waals surface area contributed by atoms with Crippen molar-refractivity contribution in [1.82, 2.24) is 0 Å². The lowest BCUT2D eigenvalue weighted by Gasteiger charge is -1.90. The second kappa shape index (κ2) is 2.23. The van der Waals surface area contributed by atoms with E-state index in [0.717, 1.165) is 15.5 Å². The Kier molecular flexibility index (Phi) is 1.25. The lowest BCUT2D eigenvalue weighted by atomic mass is 10.2. The first-order valence-electron chi connectivity index (χ1n) is 3.45. The first-order valence-corrected chi connectivity index (χ1v) is 3.45. The molecule has 2 rings (SSSR count). The van der Waals surface area contributed by atoms with Gasteiger partial charge in [0.2, 0.25) is 12.4 Å². The number of nitrogens with zero attached hydrogens (tertiary/aromatic N) is 1. The van der Waals surface area contributed by atoms with E-state index in [1.165, 1.54) is 0 Å². The van der Waals surface area contributed by atoms with Crippen LogP contribution in [0.5, 0.6) is 0 Å². The van der Waals surface area contributed by atoms with E-state index in [9.17, 15) is 0 Å². The number of pyridine rings is 1. The molecule has 1 aromatic heterocycles. The summed E-state index contributed by atoms with van der Waals surface area (Å²) in [6.45, 7) is 0. The monoisotopic (exact) mass is 146 g/mol. The fourth-order valence-electron chi connectivity index (χ4n) is 1.12. The van der Waals surface area contributed by atoms with Gasteiger partial charge in [-0.1, -0.05) is 18.2 Å². The highest BCUT2D eigenvalue weighted by Gasteiger charge is 1.97. The third kappa shape index (κ3) is 1.03. The zero-order chi connectivity index (χ0) is 7.68. The molecule has 1 aromatic carbocycles. The number of aromatic nitrogens is 1. The van der Waals surface area contributed by atoms with Crippen LogP contribution in [0.4, 0.5) is 0 Å². The smallest absolute Gasteiger partial charge is 0.230 e. The minimum atomic E-state index is 1.04. The molecule has 2 nitrogen and oxygen atoms in total. The molecule has 0 amide bonds. The lowest BCUT2D eigenvalue weighted by molar-refractivity contribution is -0.903. The average molecular weight is 146 g/mol. The molecule has 2 aromatic rings. The zero-order valence-corrected chi connectivity index (χ0v) is 5.94. The molecule has 1 heterocycles. The van der Waals surface area contributed by atoms with E-state index in [0.29, 0.717) is 0 Å². The number of benzene rings is 1. The molecule has 0 saturated carbocycles. The Hall–Kier alpha value is -1.57. The van der Waals surface area contributed by atoms with Crippen molar-refractivity contribution in [3.8, 4) is 0 Å². The van der Waals surface area contributed by atoms with E-state index in [4.69, 9.17) is 5.21 Å². The van der Waals surface area contributed by atoms with Crippen LogP contribution in [0, 0.1) is 0 Å². The largest absolute Gasteiger partial charge is 0.285 e. The van der Waals surface area contributed by atoms with Crippen molar-refractivity contribution in [1.29, 1.82) is 0 Å². The summed E-state index contributed by atoms with van der Waals surface area (Å²) in [5.74, 6) is 0. The molecular formula is C9H8NO+. The van der Waals surface area contributed by atoms with Crippen molar-refractivity contribution in [2.75, 3.05) is 0 Å². The van der Waals surface area contributed by atoms with Crippen molar-refractivity contribution in [3.05, 3.63) is 42.7 Å². The van der Waals surface area contributed by atoms with Crippen LogP contribution < -0.4 is 4.73 Å². The van der Waals surface area contributed by atoms with Crippen LogP contribution in [0.3, 0.4) is 0 Å². The van der Waals surface area contributed by atoms with Gasteiger partial charge in [-0.2, -0.15) is 0 Å². The summed E-state index contributed by atoms with van der Waals surface area (Å²) >= 11 is 0. The summed E-state index contributed by atoms with van der Waals surface area (Å²) in [7, 11) is 0. The van der Waals surface area contributed by atoms with Crippen LogP contribution in [-0.2, 0) is 0 Å². The summed E-state index contributed by atoms with van der Waals surface area (Å²) in [4.78, 5) is 0. The summed E-state index contributed by atoms with van der Waals surface area (Å²) in [6.07, 6.45) is 3.29. The Morgan fingerprint density at radius 3 is 2.55 bits per heavy atom. The topological polar surface area (TPSA) is 24.1 Å². The highest BCUT2D eigenvalue weighted by Crippen LogP contribution is 2.08. The summed E-state index contributed by atoms with van der Waals surface area (Å²) in [5, 5.41) is 11.2. The highest BCUT2D eigenvalue weighted by molar-refractivity contribution is 5.80. The first kappa shape index (κ1) is 6.16. The molecule has 0 aliphatic rings. The molecular weight excluding hydrogens is 138 g/mol. The molecule has 54 valence electrons. The van der Waals surface area contributed by atoms with Gasteiger partial charge in [-0.15, -0.1) is 0 Å². The molecule has 0 atom stereocenters. The fraction of sp³-hybridized carbons (Fsp3) is 0. The van der Waals surface area contributed by atoms with Gasteiger partial charge >= 0.3 is 0 Å². The molecule has 0 fully saturated rings. The van der Waals surface area contributed by atoms with E-state index in [1.54, 1.807) is 12.4 Å². The second-order valence-electron chi connectivity index (χ2n) is 2.45. The van der Waals surface area contributed by atoms with Crippen LogP contribution in [0.1, 0.15) is 0 Å². The molecule has 0 unspecified atom stereocenters. The minimum Gasteiger partial charge on any atom is -0.285 e. The Labute approximate surface area is 64.3 Å². The van der Waals surface area contributed by atoms with Crippen molar-refractivity contribution < 1.29 is 9.94 Å². The maximum atomic E-state index is 9.05. The Morgan fingerprint density at radius 2 is 1.73 bits per heavy atom. The molecule has 0 aliphatic carbocycles. The van der Waals surface area contributed by atoms with Gasteiger partial charge in [-0.25, -0.2) is 0 Å². The summed E-state index contributed by atoms with van der Waals surface area (Å²) < 4.78 is 1.06. The van der Waals surface area contributed by atoms with Crippen LogP contribution in [0.15, 0.2) is 42.7 Å². The van der Waals surface area contributed by atoms with Gasteiger partial charge in [0.25, 0.3) is 0 Å². The molecule has 1 N–H and O–H groups in total. The predicted molar refractivity (Wildman–Crippen MR) is 41.3 cm³/mol. The van der Waals surface area contributed by atoms with Gasteiger partial charge in [0, 0.05) is 10.8 Å². The Morgan fingerprint density at radius 1 is 1.00 bits per heavy atom. The van der Waals surface area contributed by atoms with E-state index in [2.05, 4.69) is 0 Å². The SMILES string of the molecule is O[n+]1ccc2ccccc2c1. The predicted octanol–water partition coefficient (Wildman–Crippen LogP) is 1.36.